The summed E-state index contributed by atoms with van der Waals surface area (Å²) in [4.78, 5) is 44.2. The van der Waals surface area contributed by atoms with Gasteiger partial charge in [-0.3, -0.25) is 19.5 Å². The van der Waals surface area contributed by atoms with Gasteiger partial charge in [0.05, 0.1) is 11.1 Å². The molecule has 162 valence electrons. The van der Waals surface area contributed by atoms with E-state index < -0.39 is 6.03 Å². The zero-order chi connectivity index (χ0) is 21.4. The molecule has 1 atom stereocenters. The molecular weight excluding hydrogens is 420 g/mol. The molecule has 2 aliphatic rings. The molecule has 7 nitrogen and oxygen atoms in total. The van der Waals surface area contributed by atoms with Crippen molar-refractivity contribution in [3.05, 3.63) is 20.8 Å². The molecule has 0 bridgehead atoms. The summed E-state index contributed by atoms with van der Waals surface area (Å²) in [6, 6.07) is -0.260. The number of imide groups is 1. The molecule has 3 amide bonds. The molecule has 0 aliphatic heterocycles. The van der Waals surface area contributed by atoms with Crippen LogP contribution in [0.3, 0.4) is 0 Å². The van der Waals surface area contributed by atoms with E-state index in [1.54, 1.807) is 15.9 Å². The van der Waals surface area contributed by atoms with E-state index >= 15 is 0 Å². The first-order valence-electron chi connectivity index (χ1n) is 10.6. The molecule has 1 unspecified atom stereocenters. The Balaban J connectivity index is 1.58. The van der Waals surface area contributed by atoms with Crippen LogP contribution in [0.4, 0.5) is 4.79 Å². The molecule has 30 heavy (non-hydrogen) atoms. The van der Waals surface area contributed by atoms with Crippen molar-refractivity contribution in [2.24, 2.45) is 11.8 Å². The molecule has 1 saturated carbocycles. The minimum absolute atomic E-state index is 0.00450. The Bertz CT molecular complexity index is 1040. The highest BCUT2D eigenvalue weighted by Crippen LogP contribution is 2.36. The van der Waals surface area contributed by atoms with Crippen LogP contribution in [0.15, 0.2) is 9.95 Å². The fourth-order valence-electron chi connectivity index (χ4n) is 3.78. The van der Waals surface area contributed by atoms with Crippen molar-refractivity contribution in [2.45, 2.75) is 70.6 Å². The Labute approximate surface area is 184 Å². The van der Waals surface area contributed by atoms with Crippen LogP contribution in [-0.4, -0.2) is 33.3 Å². The Morgan fingerprint density at radius 3 is 2.77 bits per heavy atom. The van der Waals surface area contributed by atoms with Gasteiger partial charge in [-0.25, -0.2) is 9.78 Å². The summed E-state index contributed by atoms with van der Waals surface area (Å²) in [5, 5.41) is 6.40. The van der Waals surface area contributed by atoms with Crippen molar-refractivity contribution in [3.63, 3.8) is 0 Å². The standard InChI is InChI=1S/C21H28N4O3S2/c1-11(2)9-25-19(27)17-14-7-4-12(3)8-15(14)30-18(17)24-21(25)29-10-16(26)23-20(28)22-13-5-6-13/h11-13H,4-10H2,1-3H3,(H2,22,23,26,28). The van der Waals surface area contributed by atoms with E-state index in [4.69, 9.17) is 4.98 Å². The minimum atomic E-state index is -0.453. The molecule has 2 heterocycles. The molecule has 0 spiro atoms. The van der Waals surface area contributed by atoms with E-state index in [0.717, 1.165) is 42.3 Å². The van der Waals surface area contributed by atoms with Gasteiger partial charge < -0.3 is 5.32 Å². The largest absolute Gasteiger partial charge is 0.335 e. The fraction of sp³-hybridized carbons (Fsp3) is 0.619. The number of hydrogen-bond acceptors (Lipinski definition) is 6. The number of fused-ring (bicyclic) bond motifs is 3. The van der Waals surface area contributed by atoms with Crippen molar-refractivity contribution in [1.29, 1.82) is 0 Å². The lowest BCUT2D eigenvalue weighted by Gasteiger charge is -2.18. The zero-order valence-corrected chi connectivity index (χ0v) is 19.3. The van der Waals surface area contributed by atoms with Gasteiger partial charge in [0.15, 0.2) is 5.16 Å². The van der Waals surface area contributed by atoms with Gasteiger partial charge in [0, 0.05) is 17.5 Å². The number of carbonyl (C=O) groups excluding carboxylic acids is 2. The fourth-order valence-corrected chi connectivity index (χ4v) is 6.02. The number of aromatic nitrogens is 2. The molecule has 2 aromatic heterocycles. The average molecular weight is 449 g/mol. The number of carbonyl (C=O) groups is 2. The second kappa shape index (κ2) is 8.70. The molecule has 9 heteroatoms. The second-order valence-electron chi connectivity index (χ2n) is 8.82. The van der Waals surface area contributed by atoms with Crippen LogP contribution in [0.1, 0.15) is 50.5 Å². The van der Waals surface area contributed by atoms with Crippen molar-refractivity contribution in [1.82, 2.24) is 20.2 Å². The Morgan fingerprint density at radius 2 is 2.07 bits per heavy atom. The Kier molecular flexibility index (Phi) is 6.20. The van der Waals surface area contributed by atoms with Crippen LogP contribution in [0.2, 0.25) is 0 Å². The molecule has 0 radical (unpaired) electrons. The van der Waals surface area contributed by atoms with Crippen molar-refractivity contribution >= 4 is 45.3 Å². The van der Waals surface area contributed by atoms with E-state index in [0.29, 0.717) is 17.6 Å². The van der Waals surface area contributed by atoms with E-state index in [2.05, 4.69) is 31.4 Å². The highest BCUT2D eigenvalue weighted by atomic mass is 32.2. The number of thiophene rings is 1. The molecular formula is C21H28N4O3S2. The number of thioether (sulfide) groups is 1. The lowest BCUT2D eigenvalue weighted by atomic mass is 9.89. The third-order valence-electron chi connectivity index (χ3n) is 5.43. The number of nitrogens with one attached hydrogen (secondary N) is 2. The van der Waals surface area contributed by atoms with Crippen molar-refractivity contribution in [3.8, 4) is 0 Å². The van der Waals surface area contributed by atoms with Gasteiger partial charge in [-0.15, -0.1) is 11.3 Å². The van der Waals surface area contributed by atoms with E-state index in [1.165, 1.54) is 22.2 Å². The van der Waals surface area contributed by atoms with Crippen LogP contribution < -0.4 is 16.2 Å². The maximum atomic E-state index is 13.4. The second-order valence-corrected chi connectivity index (χ2v) is 10.8. The summed E-state index contributed by atoms with van der Waals surface area (Å²) in [6.45, 7) is 6.92. The number of rotatable bonds is 6. The first-order chi connectivity index (χ1) is 14.3. The van der Waals surface area contributed by atoms with Gasteiger partial charge in [-0.1, -0.05) is 32.5 Å². The predicted octanol–water partition coefficient (Wildman–Crippen LogP) is 3.32. The third-order valence-corrected chi connectivity index (χ3v) is 7.55. The quantitative estimate of drug-likeness (QED) is 0.522. The first kappa shape index (κ1) is 21.4. The molecule has 4 rings (SSSR count). The number of amides is 3. The lowest BCUT2D eigenvalue weighted by molar-refractivity contribution is -0.117. The van der Waals surface area contributed by atoms with Crippen LogP contribution in [0.25, 0.3) is 10.2 Å². The van der Waals surface area contributed by atoms with Crippen LogP contribution in [0, 0.1) is 11.8 Å². The summed E-state index contributed by atoms with van der Waals surface area (Å²) < 4.78 is 1.71. The molecule has 0 aromatic carbocycles. The monoisotopic (exact) mass is 448 g/mol. The number of aryl methyl sites for hydroxylation is 1. The lowest BCUT2D eigenvalue weighted by Crippen LogP contribution is -2.41. The predicted molar refractivity (Wildman–Crippen MR) is 120 cm³/mol. The third kappa shape index (κ3) is 4.72. The molecule has 2 N–H and O–H groups in total. The van der Waals surface area contributed by atoms with Gasteiger partial charge in [0.25, 0.3) is 5.56 Å². The number of nitrogens with zero attached hydrogens (tertiary/aromatic N) is 2. The summed E-state index contributed by atoms with van der Waals surface area (Å²) in [5.41, 5.74) is 1.17. The maximum Gasteiger partial charge on any atom is 0.321 e. The summed E-state index contributed by atoms with van der Waals surface area (Å²) in [6.07, 6.45) is 4.96. The van der Waals surface area contributed by atoms with E-state index in [-0.39, 0.29) is 29.2 Å². The Morgan fingerprint density at radius 1 is 1.30 bits per heavy atom. The summed E-state index contributed by atoms with van der Waals surface area (Å²) >= 11 is 2.83. The molecule has 0 saturated heterocycles. The number of hydrogen-bond donors (Lipinski definition) is 2. The van der Waals surface area contributed by atoms with Gasteiger partial charge in [-0.2, -0.15) is 0 Å². The molecule has 2 aliphatic carbocycles. The van der Waals surface area contributed by atoms with Gasteiger partial charge in [0.1, 0.15) is 4.83 Å². The molecule has 2 aromatic rings. The van der Waals surface area contributed by atoms with Crippen molar-refractivity contribution < 1.29 is 9.59 Å². The maximum absolute atomic E-state index is 13.4. The van der Waals surface area contributed by atoms with Crippen LogP contribution >= 0.6 is 23.1 Å². The summed E-state index contributed by atoms with van der Waals surface area (Å²) in [7, 11) is 0. The van der Waals surface area contributed by atoms with Crippen LogP contribution in [-0.2, 0) is 24.2 Å². The van der Waals surface area contributed by atoms with E-state index in [9.17, 15) is 14.4 Å². The van der Waals surface area contributed by atoms with Gasteiger partial charge in [-0.05, 0) is 49.5 Å². The number of urea groups is 1. The highest BCUT2D eigenvalue weighted by Gasteiger charge is 2.26. The molecule has 1 fully saturated rings. The highest BCUT2D eigenvalue weighted by molar-refractivity contribution is 7.99. The normalized spacial score (nSPS) is 18.5. The van der Waals surface area contributed by atoms with E-state index in [1.807, 2.05) is 0 Å². The SMILES string of the molecule is CC(C)Cn1c(SCC(=O)NC(=O)NC2CC2)nc2sc3c(c2c1=O)CCC(C)C3. The van der Waals surface area contributed by atoms with Gasteiger partial charge in [0.2, 0.25) is 5.91 Å². The summed E-state index contributed by atoms with van der Waals surface area (Å²) in [5.74, 6) is 0.551. The Hall–Kier alpha value is -1.87. The topological polar surface area (TPSA) is 93.1 Å². The van der Waals surface area contributed by atoms with Crippen molar-refractivity contribution in [2.75, 3.05) is 5.75 Å². The first-order valence-corrected chi connectivity index (χ1v) is 12.4. The smallest absolute Gasteiger partial charge is 0.321 e. The van der Waals surface area contributed by atoms with Crippen LogP contribution in [0.5, 0.6) is 0 Å². The average Bonchev–Trinajstić information content (AvgIpc) is 3.40. The zero-order valence-electron chi connectivity index (χ0n) is 17.6. The minimum Gasteiger partial charge on any atom is -0.335 e. The van der Waals surface area contributed by atoms with Gasteiger partial charge >= 0.3 is 6.03 Å².